The van der Waals surface area contributed by atoms with Gasteiger partial charge in [-0.1, -0.05) is 38.1 Å². The van der Waals surface area contributed by atoms with Gasteiger partial charge in [0.15, 0.2) is 0 Å². The maximum atomic E-state index is 12.8. The lowest BCUT2D eigenvalue weighted by molar-refractivity contribution is -0.135. The lowest BCUT2D eigenvalue weighted by atomic mass is 9.84. The van der Waals surface area contributed by atoms with E-state index in [1.807, 2.05) is 4.90 Å². The first-order chi connectivity index (χ1) is 12.9. The molecular weight excluding hydrogens is 344 g/mol. The number of cyclic esters (lactones) is 1. The van der Waals surface area contributed by atoms with Crippen molar-refractivity contribution in [3.8, 4) is 0 Å². The van der Waals surface area contributed by atoms with Crippen molar-refractivity contribution >= 4 is 12.0 Å². The van der Waals surface area contributed by atoms with E-state index in [0.717, 1.165) is 18.7 Å². The van der Waals surface area contributed by atoms with Crippen molar-refractivity contribution in [2.24, 2.45) is 17.8 Å². The van der Waals surface area contributed by atoms with Gasteiger partial charge in [-0.25, -0.2) is 4.79 Å². The molecule has 1 aromatic carbocycles. The molecule has 4 rings (SSSR count). The summed E-state index contributed by atoms with van der Waals surface area (Å²) in [5.74, 6) is 1.53. The van der Waals surface area contributed by atoms with Gasteiger partial charge in [-0.2, -0.15) is 0 Å². The van der Waals surface area contributed by atoms with Crippen LogP contribution in [0.3, 0.4) is 0 Å². The van der Waals surface area contributed by atoms with Crippen LogP contribution in [0.15, 0.2) is 24.3 Å². The average Bonchev–Trinajstić information content (AvgIpc) is 3.26. The molecule has 1 aliphatic carbocycles. The Labute approximate surface area is 159 Å². The molecule has 1 saturated carbocycles. The molecule has 2 N–H and O–H groups in total. The van der Waals surface area contributed by atoms with E-state index in [0.29, 0.717) is 37.3 Å². The molecule has 2 heterocycles. The fraction of sp³-hybridized carbons (Fsp3) is 0.619. The van der Waals surface area contributed by atoms with Crippen LogP contribution in [-0.4, -0.2) is 54.9 Å². The van der Waals surface area contributed by atoms with E-state index in [1.54, 1.807) is 0 Å². The van der Waals surface area contributed by atoms with E-state index in [1.165, 1.54) is 5.56 Å². The van der Waals surface area contributed by atoms with Gasteiger partial charge in [-0.3, -0.25) is 4.79 Å². The maximum Gasteiger partial charge on any atom is 0.407 e. The molecule has 6 nitrogen and oxygen atoms in total. The van der Waals surface area contributed by atoms with E-state index in [2.05, 4.69) is 43.4 Å². The van der Waals surface area contributed by atoms with Crippen LogP contribution in [0.2, 0.25) is 0 Å². The number of benzene rings is 1. The number of aliphatic hydroxyl groups is 1. The number of hydrogen-bond acceptors (Lipinski definition) is 4. The van der Waals surface area contributed by atoms with Crippen LogP contribution < -0.4 is 5.32 Å². The van der Waals surface area contributed by atoms with E-state index < -0.39 is 6.09 Å². The summed E-state index contributed by atoms with van der Waals surface area (Å²) in [6, 6.07) is 8.55. The van der Waals surface area contributed by atoms with E-state index >= 15 is 0 Å². The molecule has 0 bridgehead atoms. The van der Waals surface area contributed by atoms with Crippen molar-refractivity contribution < 1.29 is 19.4 Å². The van der Waals surface area contributed by atoms with Crippen LogP contribution in [0, 0.1) is 17.8 Å². The smallest absolute Gasteiger partial charge is 0.407 e. The normalized spacial score (nSPS) is 30.2. The number of nitrogens with one attached hydrogen (secondary N) is 1. The predicted octanol–water partition coefficient (Wildman–Crippen LogP) is 1.87. The van der Waals surface area contributed by atoms with Gasteiger partial charge in [0.1, 0.15) is 0 Å². The summed E-state index contributed by atoms with van der Waals surface area (Å²) in [6.07, 6.45) is 0.158. The van der Waals surface area contributed by atoms with E-state index in [4.69, 9.17) is 4.74 Å². The van der Waals surface area contributed by atoms with Crippen molar-refractivity contribution in [1.29, 1.82) is 0 Å². The first kappa shape index (κ1) is 18.3. The fourth-order valence-corrected chi connectivity index (χ4v) is 4.58. The number of hydrogen-bond donors (Lipinski definition) is 2. The summed E-state index contributed by atoms with van der Waals surface area (Å²) in [4.78, 5) is 26.0. The number of fused-ring (bicyclic) bond motifs is 1. The van der Waals surface area contributed by atoms with Crippen molar-refractivity contribution in [1.82, 2.24) is 10.2 Å². The topological polar surface area (TPSA) is 78.9 Å². The van der Waals surface area contributed by atoms with Crippen LogP contribution in [0.4, 0.5) is 4.79 Å². The van der Waals surface area contributed by atoms with Crippen LogP contribution in [0.1, 0.15) is 37.3 Å². The highest BCUT2D eigenvalue weighted by molar-refractivity contribution is 5.81. The van der Waals surface area contributed by atoms with Crippen LogP contribution in [-0.2, 0) is 14.9 Å². The largest absolute Gasteiger partial charge is 0.450 e. The monoisotopic (exact) mass is 372 g/mol. The molecule has 4 atom stereocenters. The minimum atomic E-state index is -0.430. The lowest BCUT2D eigenvalue weighted by Gasteiger charge is -2.25. The van der Waals surface area contributed by atoms with E-state index in [-0.39, 0.29) is 23.8 Å². The Morgan fingerprint density at radius 2 is 2.07 bits per heavy atom. The molecule has 1 aromatic rings. The zero-order chi connectivity index (χ0) is 19.2. The van der Waals surface area contributed by atoms with Gasteiger partial charge < -0.3 is 20.1 Å². The Balaban J connectivity index is 1.38. The molecule has 3 fully saturated rings. The van der Waals surface area contributed by atoms with Gasteiger partial charge in [-0.05, 0) is 35.3 Å². The van der Waals surface area contributed by atoms with Crippen molar-refractivity contribution in [3.63, 3.8) is 0 Å². The second kappa shape index (κ2) is 6.82. The number of amides is 2. The minimum Gasteiger partial charge on any atom is -0.450 e. The number of aliphatic hydroxyl groups excluding tert-OH is 1. The standard InChI is InChI=1S/C21H28N2O4/c1-21(2,12-24)15-5-3-4-13(8-15)18-16-10-23(11-17(16)18)19(25)14-6-7-27-20(26)22-9-14/h3-5,8,14,16-18,24H,6-7,9-12H2,1-2H3,(H,22,26)/t14-,16-,17+,18?/m1/s1. The zero-order valence-electron chi connectivity index (χ0n) is 16.0. The minimum absolute atomic E-state index is 0.123. The zero-order valence-corrected chi connectivity index (χ0v) is 16.0. The lowest BCUT2D eigenvalue weighted by Crippen LogP contribution is -2.40. The van der Waals surface area contributed by atoms with Crippen molar-refractivity contribution in [2.45, 2.75) is 31.6 Å². The van der Waals surface area contributed by atoms with Crippen LogP contribution in [0.25, 0.3) is 0 Å². The van der Waals surface area contributed by atoms with E-state index in [9.17, 15) is 14.7 Å². The quantitative estimate of drug-likeness (QED) is 0.846. The molecule has 1 unspecified atom stereocenters. The third kappa shape index (κ3) is 3.43. The maximum absolute atomic E-state index is 12.8. The number of nitrogens with zero attached hydrogens (tertiary/aromatic N) is 1. The second-order valence-corrected chi connectivity index (χ2v) is 8.77. The third-order valence-electron chi connectivity index (χ3n) is 6.50. The Morgan fingerprint density at radius 1 is 1.33 bits per heavy atom. The second-order valence-electron chi connectivity index (χ2n) is 8.77. The number of rotatable bonds is 4. The summed E-state index contributed by atoms with van der Waals surface area (Å²) >= 11 is 0. The summed E-state index contributed by atoms with van der Waals surface area (Å²) in [5, 5.41) is 12.3. The van der Waals surface area contributed by atoms with Gasteiger partial charge >= 0.3 is 6.09 Å². The first-order valence-corrected chi connectivity index (χ1v) is 9.81. The summed E-state index contributed by atoms with van der Waals surface area (Å²) in [7, 11) is 0. The molecule has 27 heavy (non-hydrogen) atoms. The number of ether oxygens (including phenoxy) is 1. The highest BCUT2D eigenvalue weighted by Gasteiger charge is 2.57. The molecule has 3 aliphatic rings. The summed E-state index contributed by atoms with van der Waals surface area (Å²) in [6.45, 7) is 6.49. The van der Waals surface area contributed by atoms with Gasteiger partial charge in [-0.15, -0.1) is 0 Å². The average molecular weight is 372 g/mol. The number of likely N-dealkylation sites (tertiary alicyclic amines) is 1. The number of piperidine rings is 1. The van der Waals surface area contributed by atoms with Gasteiger partial charge in [0.25, 0.3) is 0 Å². The number of carbonyl (C=O) groups is 2. The Hall–Kier alpha value is -2.08. The molecule has 0 spiro atoms. The Morgan fingerprint density at radius 3 is 2.78 bits per heavy atom. The SMILES string of the molecule is CC(C)(CO)c1cccc(C2[C@H]3CN(C(=O)[C@@H]4CCOC(=O)NC4)C[C@@H]23)c1. The van der Waals surface area contributed by atoms with Crippen molar-refractivity contribution in [2.75, 3.05) is 32.8 Å². The molecule has 6 heteroatoms. The highest BCUT2D eigenvalue weighted by Crippen LogP contribution is 2.58. The summed E-state index contributed by atoms with van der Waals surface area (Å²) in [5.41, 5.74) is 2.24. The Kier molecular flexibility index (Phi) is 4.62. The molecular formula is C21H28N2O4. The predicted molar refractivity (Wildman–Crippen MR) is 100 cm³/mol. The van der Waals surface area contributed by atoms with Gasteiger partial charge in [0, 0.05) is 25.0 Å². The molecule has 2 saturated heterocycles. The molecule has 0 radical (unpaired) electrons. The molecule has 2 aliphatic heterocycles. The highest BCUT2D eigenvalue weighted by atomic mass is 16.5. The third-order valence-corrected chi connectivity index (χ3v) is 6.50. The number of carbonyl (C=O) groups excluding carboxylic acids is 2. The Bertz CT molecular complexity index is 735. The van der Waals surface area contributed by atoms with Crippen molar-refractivity contribution in [3.05, 3.63) is 35.4 Å². The summed E-state index contributed by atoms with van der Waals surface area (Å²) < 4.78 is 4.96. The number of alkyl carbamates (subject to hydrolysis) is 1. The first-order valence-electron chi connectivity index (χ1n) is 9.81. The molecule has 2 amide bonds. The van der Waals surface area contributed by atoms with Crippen LogP contribution >= 0.6 is 0 Å². The van der Waals surface area contributed by atoms with Gasteiger partial charge in [0.2, 0.25) is 5.91 Å². The molecule has 0 aromatic heterocycles. The molecule has 146 valence electrons. The van der Waals surface area contributed by atoms with Crippen LogP contribution in [0.5, 0.6) is 0 Å². The fourth-order valence-electron chi connectivity index (χ4n) is 4.58. The van der Waals surface area contributed by atoms with Gasteiger partial charge in [0.05, 0.1) is 19.1 Å².